The van der Waals surface area contributed by atoms with Crippen molar-refractivity contribution in [2.75, 3.05) is 12.4 Å². The maximum atomic E-state index is 11.0. The molecular formula is C11H25NO3S. The molecule has 0 aliphatic carbocycles. The quantitative estimate of drug-likeness (QED) is 0.749. The summed E-state index contributed by atoms with van der Waals surface area (Å²) in [6.45, 7) is 10.4. The van der Waals surface area contributed by atoms with E-state index in [9.17, 15) is 8.42 Å². The van der Waals surface area contributed by atoms with Gasteiger partial charge in [-0.1, -0.05) is 27.7 Å². The van der Waals surface area contributed by atoms with Crippen LogP contribution in [0.2, 0.25) is 0 Å². The highest BCUT2D eigenvalue weighted by Gasteiger charge is 2.25. The first-order valence-corrected chi connectivity index (χ1v) is 7.35. The number of ether oxygens (including phenoxy) is 1. The maximum absolute atomic E-state index is 11.0. The van der Waals surface area contributed by atoms with Crippen LogP contribution < -0.4 is 5.14 Å². The number of rotatable bonds is 7. The monoisotopic (exact) mass is 251 g/mol. The summed E-state index contributed by atoms with van der Waals surface area (Å²) in [4.78, 5) is 0. The highest BCUT2D eigenvalue weighted by Crippen LogP contribution is 2.19. The zero-order chi connectivity index (χ0) is 13.0. The van der Waals surface area contributed by atoms with Gasteiger partial charge < -0.3 is 4.74 Å². The first kappa shape index (κ1) is 15.9. The molecule has 0 aromatic heterocycles. The largest absolute Gasteiger partial charge is 0.378 e. The first-order chi connectivity index (χ1) is 7.02. The van der Waals surface area contributed by atoms with Gasteiger partial charge in [0.05, 0.1) is 18.5 Å². The summed E-state index contributed by atoms with van der Waals surface area (Å²) in [7, 11) is -3.43. The number of hydrogen-bond donors (Lipinski definition) is 1. The third kappa shape index (κ3) is 9.12. The Labute approximate surface area is 99.6 Å². The topological polar surface area (TPSA) is 69.4 Å². The lowest BCUT2D eigenvalue weighted by atomic mass is 9.98. The average molecular weight is 251 g/mol. The van der Waals surface area contributed by atoms with Crippen LogP contribution in [0.5, 0.6) is 0 Å². The second-order valence-corrected chi connectivity index (χ2v) is 7.34. The van der Waals surface area contributed by atoms with Crippen LogP contribution in [0.3, 0.4) is 0 Å². The Bertz CT molecular complexity index is 296. The molecule has 0 heterocycles. The molecule has 2 N–H and O–H groups in total. The van der Waals surface area contributed by atoms with Crippen LogP contribution in [0.1, 0.15) is 41.0 Å². The van der Waals surface area contributed by atoms with Crippen LogP contribution in [-0.4, -0.2) is 26.9 Å². The Morgan fingerprint density at radius 2 is 1.75 bits per heavy atom. The lowest BCUT2D eigenvalue weighted by Gasteiger charge is -2.26. The molecule has 0 aromatic rings. The fourth-order valence-electron chi connectivity index (χ4n) is 1.69. The highest BCUT2D eigenvalue weighted by atomic mass is 32.2. The maximum Gasteiger partial charge on any atom is 0.209 e. The zero-order valence-electron chi connectivity index (χ0n) is 11.0. The van der Waals surface area contributed by atoms with Gasteiger partial charge in [-0.05, 0) is 19.3 Å². The van der Waals surface area contributed by atoms with Gasteiger partial charge in [0.25, 0.3) is 0 Å². The van der Waals surface area contributed by atoms with Crippen molar-refractivity contribution < 1.29 is 13.2 Å². The highest BCUT2D eigenvalue weighted by molar-refractivity contribution is 7.89. The van der Waals surface area contributed by atoms with Gasteiger partial charge in [0.15, 0.2) is 0 Å². The third-order valence-corrected chi connectivity index (χ3v) is 3.34. The van der Waals surface area contributed by atoms with E-state index >= 15 is 0 Å². The van der Waals surface area contributed by atoms with Gasteiger partial charge in [-0.3, -0.25) is 0 Å². The van der Waals surface area contributed by atoms with Gasteiger partial charge in [-0.2, -0.15) is 0 Å². The molecule has 0 saturated carbocycles. The van der Waals surface area contributed by atoms with Crippen molar-refractivity contribution in [1.29, 1.82) is 0 Å². The number of sulfonamides is 1. The summed E-state index contributed by atoms with van der Waals surface area (Å²) >= 11 is 0. The van der Waals surface area contributed by atoms with Crippen LogP contribution in [0.15, 0.2) is 0 Å². The zero-order valence-corrected chi connectivity index (χ0v) is 11.8. The smallest absolute Gasteiger partial charge is 0.209 e. The molecule has 98 valence electrons. The Balaban J connectivity index is 4.08. The normalized spacial score (nSPS) is 15.4. The molecule has 0 saturated heterocycles. The van der Waals surface area contributed by atoms with Crippen molar-refractivity contribution in [2.24, 2.45) is 16.5 Å². The third-order valence-electron chi connectivity index (χ3n) is 2.15. The summed E-state index contributed by atoms with van der Waals surface area (Å²) < 4.78 is 27.6. The number of hydrogen-bond acceptors (Lipinski definition) is 3. The van der Waals surface area contributed by atoms with Crippen molar-refractivity contribution in [3.63, 3.8) is 0 Å². The molecule has 0 aliphatic heterocycles. The molecule has 1 unspecified atom stereocenters. The Hall–Kier alpha value is -0.130. The van der Waals surface area contributed by atoms with Crippen molar-refractivity contribution in [3.05, 3.63) is 0 Å². The minimum Gasteiger partial charge on any atom is -0.378 e. The van der Waals surface area contributed by atoms with Gasteiger partial charge in [-0.25, -0.2) is 13.6 Å². The Kier molecular flexibility index (Phi) is 5.93. The van der Waals surface area contributed by atoms with E-state index in [1.165, 1.54) is 0 Å². The molecule has 16 heavy (non-hydrogen) atoms. The van der Waals surface area contributed by atoms with Crippen LogP contribution >= 0.6 is 0 Å². The molecule has 0 amide bonds. The molecular weight excluding hydrogens is 226 g/mol. The molecule has 0 radical (unpaired) electrons. The Morgan fingerprint density at radius 3 is 2.12 bits per heavy atom. The predicted molar refractivity (Wildman–Crippen MR) is 66.6 cm³/mol. The molecule has 0 aliphatic rings. The second kappa shape index (κ2) is 5.98. The minimum absolute atomic E-state index is 0.0472. The average Bonchev–Trinajstić information content (AvgIpc) is 1.95. The SMILES string of the molecule is CC(C)CC(C)OCC(C)(C)CS(N)(=O)=O. The van der Waals surface area contributed by atoms with Crippen LogP contribution in [-0.2, 0) is 14.8 Å². The van der Waals surface area contributed by atoms with Gasteiger partial charge in [0.2, 0.25) is 10.0 Å². The fourth-order valence-corrected chi connectivity index (χ4v) is 2.86. The van der Waals surface area contributed by atoms with Gasteiger partial charge >= 0.3 is 0 Å². The molecule has 0 rings (SSSR count). The van der Waals surface area contributed by atoms with E-state index in [4.69, 9.17) is 9.88 Å². The van der Waals surface area contributed by atoms with Crippen molar-refractivity contribution in [1.82, 2.24) is 0 Å². The summed E-state index contributed by atoms with van der Waals surface area (Å²) in [6.07, 6.45) is 1.13. The lowest BCUT2D eigenvalue weighted by Crippen LogP contribution is -2.33. The van der Waals surface area contributed by atoms with E-state index in [-0.39, 0.29) is 11.9 Å². The molecule has 1 atom stereocenters. The van der Waals surface area contributed by atoms with Gasteiger partial charge in [0.1, 0.15) is 0 Å². The Morgan fingerprint density at radius 1 is 1.25 bits per heavy atom. The van der Waals surface area contributed by atoms with Crippen LogP contribution in [0.4, 0.5) is 0 Å². The van der Waals surface area contributed by atoms with Crippen molar-refractivity contribution >= 4 is 10.0 Å². The van der Waals surface area contributed by atoms with E-state index in [2.05, 4.69) is 13.8 Å². The van der Waals surface area contributed by atoms with Crippen molar-refractivity contribution in [3.8, 4) is 0 Å². The first-order valence-electron chi connectivity index (χ1n) is 5.64. The van der Waals surface area contributed by atoms with E-state index < -0.39 is 15.4 Å². The van der Waals surface area contributed by atoms with Crippen LogP contribution in [0.25, 0.3) is 0 Å². The van der Waals surface area contributed by atoms with Gasteiger partial charge in [-0.15, -0.1) is 0 Å². The molecule has 0 aromatic carbocycles. The predicted octanol–water partition coefficient (Wildman–Crippen LogP) is 1.75. The summed E-state index contributed by atoms with van der Waals surface area (Å²) in [5.41, 5.74) is -0.432. The molecule has 0 fully saturated rings. The summed E-state index contributed by atoms with van der Waals surface area (Å²) in [5.74, 6) is 0.533. The standard InChI is InChI=1S/C11H25NO3S/c1-9(2)6-10(3)15-7-11(4,5)8-16(12,13)14/h9-10H,6-8H2,1-5H3,(H2,12,13,14). The molecule has 5 heteroatoms. The van der Waals surface area contributed by atoms with E-state index in [1.54, 1.807) is 0 Å². The number of nitrogens with two attached hydrogens (primary N) is 1. The summed E-state index contributed by atoms with van der Waals surface area (Å²) in [6, 6.07) is 0. The summed E-state index contributed by atoms with van der Waals surface area (Å²) in [5, 5.41) is 5.03. The molecule has 0 spiro atoms. The fraction of sp³-hybridized carbons (Fsp3) is 1.00. The minimum atomic E-state index is -3.43. The van der Waals surface area contributed by atoms with Crippen LogP contribution in [0, 0.1) is 11.3 Å². The molecule has 0 bridgehead atoms. The second-order valence-electron chi connectivity index (χ2n) is 5.72. The lowest BCUT2D eigenvalue weighted by molar-refractivity contribution is 0.00960. The van der Waals surface area contributed by atoms with Crippen molar-refractivity contribution in [2.45, 2.75) is 47.1 Å². The number of primary sulfonamides is 1. The van der Waals surface area contributed by atoms with Gasteiger partial charge in [0, 0.05) is 5.41 Å². The van der Waals surface area contributed by atoms with E-state index in [1.807, 2.05) is 20.8 Å². The van der Waals surface area contributed by atoms with E-state index in [0.717, 1.165) is 6.42 Å². The molecule has 4 nitrogen and oxygen atoms in total. The van der Waals surface area contributed by atoms with E-state index in [0.29, 0.717) is 12.5 Å².